The summed E-state index contributed by atoms with van der Waals surface area (Å²) in [7, 11) is 0. The third kappa shape index (κ3) is 3.51. The summed E-state index contributed by atoms with van der Waals surface area (Å²) >= 11 is 0. The van der Waals surface area contributed by atoms with Crippen molar-refractivity contribution < 1.29 is 9.59 Å². The average molecular weight is 326 g/mol. The highest BCUT2D eigenvalue weighted by atomic mass is 16.2. The van der Waals surface area contributed by atoms with Gasteiger partial charge in [0.15, 0.2) is 0 Å². The van der Waals surface area contributed by atoms with Crippen LogP contribution in [0.15, 0.2) is 35.1 Å². The first kappa shape index (κ1) is 15.9. The Bertz CT molecular complexity index is 840. The molecule has 0 unspecified atom stereocenters. The lowest BCUT2D eigenvalue weighted by molar-refractivity contribution is -0.117. The van der Waals surface area contributed by atoms with Crippen LogP contribution in [-0.2, 0) is 24.2 Å². The van der Waals surface area contributed by atoms with Crippen molar-refractivity contribution >= 4 is 17.5 Å². The van der Waals surface area contributed by atoms with Crippen molar-refractivity contribution in [3.8, 4) is 0 Å². The van der Waals surface area contributed by atoms with Crippen LogP contribution in [0, 0.1) is 0 Å². The third-order valence-corrected chi connectivity index (χ3v) is 4.02. The Morgan fingerprint density at radius 3 is 2.58 bits per heavy atom. The van der Waals surface area contributed by atoms with Gasteiger partial charge < -0.3 is 11.1 Å². The molecule has 0 spiro atoms. The molecule has 2 amide bonds. The zero-order valence-electron chi connectivity index (χ0n) is 13.1. The maximum absolute atomic E-state index is 12.1. The second-order valence-electron chi connectivity index (χ2n) is 5.81. The van der Waals surface area contributed by atoms with Crippen molar-refractivity contribution in [3.05, 3.63) is 57.5 Å². The van der Waals surface area contributed by atoms with Gasteiger partial charge in [-0.15, -0.1) is 0 Å². The smallest absolute Gasteiger partial charge is 0.267 e. The number of carbonyl (C=O) groups is 2. The normalized spacial score (nSPS) is 13.2. The maximum Gasteiger partial charge on any atom is 0.267 e. The number of carbonyl (C=O) groups excluding carboxylic acids is 2. The van der Waals surface area contributed by atoms with Gasteiger partial charge in [-0.3, -0.25) is 14.4 Å². The Morgan fingerprint density at radius 2 is 1.88 bits per heavy atom. The molecule has 0 saturated carbocycles. The van der Waals surface area contributed by atoms with Gasteiger partial charge in [-0.25, -0.2) is 4.68 Å². The molecule has 0 bridgehead atoms. The van der Waals surface area contributed by atoms with Crippen molar-refractivity contribution in [2.75, 3.05) is 5.32 Å². The number of nitrogens with two attached hydrogens (primary N) is 1. The molecule has 2 aromatic rings. The Kier molecular flexibility index (Phi) is 4.41. The molecular formula is C17H18N4O3. The molecule has 0 fully saturated rings. The fourth-order valence-electron chi connectivity index (χ4n) is 2.77. The molecule has 7 heteroatoms. The molecule has 1 aliphatic carbocycles. The molecule has 7 nitrogen and oxygen atoms in total. The van der Waals surface area contributed by atoms with Crippen molar-refractivity contribution in [2.45, 2.75) is 32.2 Å². The Labute approximate surface area is 138 Å². The summed E-state index contributed by atoms with van der Waals surface area (Å²) < 4.78 is 1.19. The number of primary amides is 1. The number of fused-ring (bicyclic) bond motifs is 1. The second-order valence-corrected chi connectivity index (χ2v) is 5.81. The van der Waals surface area contributed by atoms with Crippen molar-refractivity contribution in [1.82, 2.24) is 9.78 Å². The summed E-state index contributed by atoms with van der Waals surface area (Å²) in [6.07, 6.45) is 3.83. The lowest BCUT2D eigenvalue weighted by Crippen LogP contribution is -2.31. The number of hydrogen-bond acceptors (Lipinski definition) is 4. The number of benzene rings is 1. The number of rotatable bonds is 4. The number of nitrogens with zero attached hydrogens (tertiary/aromatic N) is 2. The number of hydrogen-bond donors (Lipinski definition) is 2. The molecule has 1 aromatic heterocycles. The quantitative estimate of drug-likeness (QED) is 0.869. The molecule has 1 aliphatic rings. The zero-order chi connectivity index (χ0) is 17.1. The van der Waals surface area contributed by atoms with Gasteiger partial charge in [0, 0.05) is 17.3 Å². The van der Waals surface area contributed by atoms with Crippen LogP contribution < -0.4 is 16.6 Å². The largest absolute Gasteiger partial charge is 0.366 e. The van der Waals surface area contributed by atoms with Crippen LogP contribution >= 0.6 is 0 Å². The fourth-order valence-corrected chi connectivity index (χ4v) is 2.77. The van der Waals surface area contributed by atoms with Gasteiger partial charge >= 0.3 is 0 Å². The van der Waals surface area contributed by atoms with Gasteiger partial charge in [0.25, 0.3) is 5.56 Å². The molecule has 0 radical (unpaired) electrons. The van der Waals surface area contributed by atoms with Crippen molar-refractivity contribution in [1.29, 1.82) is 0 Å². The molecule has 0 aliphatic heterocycles. The highest BCUT2D eigenvalue weighted by molar-refractivity contribution is 5.94. The first-order valence-electron chi connectivity index (χ1n) is 7.82. The summed E-state index contributed by atoms with van der Waals surface area (Å²) in [6.45, 7) is -0.149. The van der Waals surface area contributed by atoms with Crippen LogP contribution in [0.2, 0.25) is 0 Å². The number of nitrogens with one attached hydrogen (secondary N) is 1. The number of anilines is 1. The van der Waals surface area contributed by atoms with E-state index in [1.165, 1.54) is 16.8 Å². The molecule has 3 rings (SSSR count). The van der Waals surface area contributed by atoms with E-state index in [1.54, 1.807) is 18.2 Å². The Morgan fingerprint density at radius 1 is 1.17 bits per heavy atom. The summed E-state index contributed by atoms with van der Waals surface area (Å²) in [6, 6.07) is 7.81. The highest BCUT2D eigenvalue weighted by Gasteiger charge is 2.14. The van der Waals surface area contributed by atoms with Crippen LogP contribution in [0.3, 0.4) is 0 Å². The first-order chi connectivity index (χ1) is 11.5. The molecule has 24 heavy (non-hydrogen) atoms. The van der Waals surface area contributed by atoms with E-state index in [-0.39, 0.29) is 18.0 Å². The van der Waals surface area contributed by atoms with Gasteiger partial charge in [0.1, 0.15) is 6.54 Å². The van der Waals surface area contributed by atoms with Crippen LogP contribution in [0.25, 0.3) is 0 Å². The third-order valence-electron chi connectivity index (χ3n) is 4.02. The summed E-state index contributed by atoms with van der Waals surface area (Å²) in [5.41, 5.74) is 7.68. The number of amides is 2. The first-order valence-corrected chi connectivity index (χ1v) is 7.82. The van der Waals surface area contributed by atoms with E-state index in [4.69, 9.17) is 5.73 Å². The van der Waals surface area contributed by atoms with E-state index in [1.807, 2.05) is 0 Å². The van der Waals surface area contributed by atoms with Gasteiger partial charge in [-0.1, -0.05) is 0 Å². The van der Waals surface area contributed by atoms with E-state index < -0.39 is 5.91 Å². The average Bonchev–Trinajstić information content (AvgIpc) is 2.56. The topological polar surface area (TPSA) is 107 Å². The van der Waals surface area contributed by atoms with Crippen molar-refractivity contribution in [3.63, 3.8) is 0 Å². The summed E-state index contributed by atoms with van der Waals surface area (Å²) in [5.74, 6) is -0.884. The summed E-state index contributed by atoms with van der Waals surface area (Å²) in [4.78, 5) is 35.2. The molecule has 0 saturated heterocycles. The van der Waals surface area contributed by atoms with Gasteiger partial charge in [0.2, 0.25) is 11.8 Å². The van der Waals surface area contributed by atoms with Crippen LogP contribution in [0.1, 0.15) is 34.5 Å². The van der Waals surface area contributed by atoms with Gasteiger partial charge in [0.05, 0.1) is 5.69 Å². The molecule has 1 heterocycles. The van der Waals surface area contributed by atoms with E-state index in [0.717, 1.165) is 36.9 Å². The fraction of sp³-hybridized carbons (Fsp3) is 0.294. The second kappa shape index (κ2) is 6.66. The highest BCUT2D eigenvalue weighted by Crippen LogP contribution is 2.17. The van der Waals surface area contributed by atoms with Gasteiger partial charge in [-0.05, 0) is 55.5 Å². The van der Waals surface area contributed by atoms with E-state index >= 15 is 0 Å². The molecule has 3 N–H and O–H groups in total. The Hall–Kier alpha value is -2.96. The van der Waals surface area contributed by atoms with Crippen LogP contribution in [0.5, 0.6) is 0 Å². The SMILES string of the molecule is NC(=O)c1ccc(NC(=O)Cn2nc3c(cc2=O)CCCC3)cc1. The number of aromatic nitrogens is 2. The lowest BCUT2D eigenvalue weighted by atomic mass is 9.97. The predicted octanol–water partition coefficient (Wildman–Crippen LogP) is 0.860. The monoisotopic (exact) mass is 326 g/mol. The maximum atomic E-state index is 12.1. The van der Waals surface area contributed by atoms with Crippen LogP contribution in [-0.4, -0.2) is 21.6 Å². The van der Waals surface area contributed by atoms with Gasteiger partial charge in [-0.2, -0.15) is 5.10 Å². The van der Waals surface area contributed by atoms with E-state index in [2.05, 4.69) is 10.4 Å². The molecular weight excluding hydrogens is 308 g/mol. The molecule has 0 atom stereocenters. The molecule has 1 aromatic carbocycles. The minimum absolute atomic E-state index is 0.149. The molecule has 124 valence electrons. The summed E-state index contributed by atoms with van der Waals surface area (Å²) in [5, 5.41) is 6.99. The number of aryl methyl sites for hydroxylation is 2. The zero-order valence-corrected chi connectivity index (χ0v) is 13.1. The minimum Gasteiger partial charge on any atom is -0.366 e. The van der Waals surface area contributed by atoms with E-state index in [9.17, 15) is 14.4 Å². The minimum atomic E-state index is -0.530. The predicted molar refractivity (Wildman–Crippen MR) is 88.7 cm³/mol. The Balaban J connectivity index is 1.70. The van der Waals surface area contributed by atoms with Crippen molar-refractivity contribution in [2.24, 2.45) is 5.73 Å². The van der Waals surface area contributed by atoms with Crippen LogP contribution in [0.4, 0.5) is 5.69 Å². The lowest BCUT2D eigenvalue weighted by Gasteiger charge is -2.15. The standard InChI is InChI=1S/C17H18N4O3/c18-17(24)11-5-7-13(8-6-11)19-15(22)10-21-16(23)9-12-3-1-2-4-14(12)20-21/h5-9H,1-4,10H2,(H2,18,24)(H,19,22). The van der Waals surface area contributed by atoms with E-state index in [0.29, 0.717) is 11.3 Å².